The summed E-state index contributed by atoms with van der Waals surface area (Å²) in [4.78, 5) is 15.7. The van der Waals surface area contributed by atoms with Gasteiger partial charge >= 0.3 is 0 Å². The van der Waals surface area contributed by atoms with Crippen LogP contribution in [0.5, 0.6) is 0 Å². The molecule has 0 saturated carbocycles. The average molecular weight is 414 g/mol. The average Bonchev–Trinajstić information content (AvgIpc) is 2.67. The van der Waals surface area contributed by atoms with Crippen LogP contribution in [0.15, 0.2) is 0 Å². The number of aliphatic hydroxyl groups is 7. The minimum Gasteiger partial charge on any atom is -0.394 e. The molecule has 28 heavy (non-hydrogen) atoms. The van der Waals surface area contributed by atoms with E-state index in [0.29, 0.717) is 0 Å². The van der Waals surface area contributed by atoms with Crippen LogP contribution < -0.4 is 11.2 Å². The van der Waals surface area contributed by atoms with E-state index in [1.54, 1.807) is 0 Å². The normalized spacial score (nSPS) is 44.3. The molecule has 2 aliphatic rings. The van der Waals surface area contributed by atoms with E-state index in [0.717, 1.165) is 0 Å². The van der Waals surface area contributed by atoms with Crippen LogP contribution in [0.25, 0.3) is 0 Å². The van der Waals surface area contributed by atoms with E-state index in [2.05, 4.69) is 10.2 Å². The molecule has 0 aromatic heterocycles. The van der Waals surface area contributed by atoms with E-state index in [9.17, 15) is 40.5 Å². The van der Waals surface area contributed by atoms with Gasteiger partial charge in [-0.15, -0.1) is 0 Å². The van der Waals surface area contributed by atoms with Crippen molar-refractivity contribution in [3.63, 3.8) is 0 Å². The van der Waals surface area contributed by atoms with Gasteiger partial charge in [-0.3, -0.25) is 9.63 Å². The summed E-state index contributed by atoms with van der Waals surface area (Å²) < 4.78 is 15.9. The number of nitrogens with one attached hydrogen (secondary N) is 1. The van der Waals surface area contributed by atoms with Crippen molar-refractivity contribution in [3.8, 4) is 0 Å². The maximum Gasteiger partial charge on any atom is 0.250 e. The predicted octanol–water partition coefficient (Wildman–Crippen LogP) is -6.38. The van der Waals surface area contributed by atoms with Crippen LogP contribution in [0.3, 0.4) is 0 Å². The summed E-state index contributed by atoms with van der Waals surface area (Å²) in [6, 6.07) is 0. The molecule has 0 radical (unpaired) electrons. The first-order valence-electron chi connectivity index (χ1n) is 8.44. The number of hydrogen-bond donors (Lipinski definition) is 9. The number of amides is 1. The van der Waals surface area contributed by atoms with Crippen LogP contribution in [0.2, 0.25) is 0 Å². The zero-order valence-corrected chi connectivity index (χ0v) is 14.6. The van der Waals surface area contributed by atoms with Crippen LogP contribution in [0.1, 0.15) is 0 Å². The van der Waals surface area contributed by atoms with Crippen LogP contribution in [0, 0.1) is 0 Å². The second kappa shape index (κ2) is 10.1. The Morgan fingerprint density at radius 1 is 0.893 bits per heavy atom. The Hall–Kier alpha value is -1.01. The molecule has 0 aliphatic carbocycles. The number of carbonyl (C=O) groups excluding carboxylic acids is 1. The van der Waals surface area contributed by atoms with Crippen molar-refractivity contribution in [2.24, 2.45) is 5.90 Å². The number of hydrogen-bond acceptors (Lipinski definition) is 13. The fraction of sp³-hybridized carbons (Fsp3) is 0.929. The largest absolute Gasteiger partial charge is 0.394 e. The number of nitrogens with two attached hydrogens (primary N) is 1. The molecule has 14 nitrogen and oxygen atoms in total. The summed E-state index contributed by atoms with van der Waals surface area (Å²) in [5.41, 5.74) is 0. The lowest BCUT2D eigenvalue weighted by atomic mass is 9.96. The Morgan fingerprint density at radius 2 is 1.54 bits per heavy atom. The quantitative estimate of drug-likeness (QED) is 0.177. The predicted molar refractivity (Wildman–Crippen MR) is 84.7 cm³/mol. The highest BCUT2D eigenvalue weighted by atomic mass is 16.7. The Labute approximate surface area is 158 Å². The molecule has 0 spiro atoms. The number of carbonyl (C=O) groups is 1. The summed E-state index contributed by atoms with van der Waals surface area (Å²) in [7, 11) is 0. The maximum absolute atomic E-state index is 11.5. The van der Waals surface area contributed by atoms with Crippen LogP contribution in [0.4, 0.5) is 0 Å². The Kier molecular flexibility index (Phi) is 8.44. The first-order valence-corrected chi connectivity index (χ1v) is 8.44. The van der Waals surface area contributed by atoms with Gasteiger partial charge in [0, 0.05) is 0 Å². The lowest BCUT2D eigenvalue weighted by Crippen LogP contribution is -2.66. The van der Waals surface area contributed by atoms with Crippen molar-refractivity contribution in [1.29, 1.82) is 0 Å². The van der Waals surface area contributed by atoms with E-state index >= 15 is 0 Å². The molecule has 10 N–H and O–H groups in total. The van der Waals surface area contributed by atoms with Gasteiger partial charge in [0.05, 0.1) is 13.2 Å². The number of ether oxygens (including phenoxy) is 3. The van der Waals surface area contributed by atoms with Gasteiger partial charge in [0.15, 0.2) is 12.5 Å². The van der Waals surface area contributed by atoms with Crippen molar-refractivity contribution in [2.75, 3.05) is 19.8 Å². The molecule has 0 aromatic rings. The summed E-state index contributed by atoms with van der Waals surface area (Å²) in [6.07, 6.45) is -15.6. The minimum atomic E-state index is -1.76. The SMILES string of the molecule is NOCC(=O)N[C@@H]1OC(CO)[C@H](O[C@@H]2OC(CO)[C@H](O)[C@H](O)C2O)[C@H](O)C1O. The third-order valence-electron chi connectivity index (χ3n) is 4.52. The Balaban J connectivity index is 2.09. The minimum absolute atomic E-state index is 0.544. The van der Waals surface area contributed by atoms with Gasteiger partial charge in [0.2, 0.25) is 5.91 Å². The van der Waals surface area contributed by atoms with Gasteiger partial charge in [-0.2, -0.15) is 0 Å². The molecule has 0 aromatic carbocycles. The third kappa shape index (κ3) is 4.93. The highest BCUT2D eigenvalue weighted by Gasteiger charge is 2.50. The van der Waals surface area contributed by atoms with Gasteiger partial charge in [0.1, 0.15) is 55.4 Å². The molecular formula is C14H26N2O12. The van der Waals surface area contributed by atoms with Gasteiger partial charge < -0.3 is 55.3 Å². The monoisotopic (exact) mass is 414 g/mol. The lowest BCUT2D eigenvalue weighted by molar-refractivity contribution is -0.343. The van der Waals surface area contributed by atoms with Crippen LogP contribution in [-0.4, -0.2) is 123 Å². The van der Waals surface area contributed by atoms with Gasteiger partial charge in [-0.05, 0) is 0 Å². The highest BCUT2D eigenvalue weighted by molar-refractivity contribution is 5.77. The summed E-state index contributed by atoms with van der Waals surface area (Å²) in [5, 5.41) is 71.0. The smallest absolute Gasteiger partial charge is 0.250 e. The molecule has 2 aliphatic heterocycles. The van der Waals surface area contributed by atoms with E-state index in [4.69, 9.17) is 20.1 Å². The molecular weight excluding hydrogens is 388 g/mol. The van der Waals surface area contributed by atoms with Crippen LogP contribution >= 0.6 is 0 Å². The number of aliphatic hydroxyl groups excluding tert-OH is 7. The van der Waals surface area contributed by atoms with E-state index in [1.165, 1.54) is 0 Å². The van der Waals surface area contributed by atoms with Crippen molar-refractivity contribution in [3.05, 3.63) is 0 Å². The standard InChI is InChI=1S/C14H26N2O12/c15-25-3-6(19)16-13-10(23)9(22)12(5(2-18)26-13)28-14-11(24)8(21)7(20)4(1-17)27-14/h4-5,7-14,17-18,20-24H,1-3,15H2,(H,16,19)/t4?,5?,7-,8-,9+,10?,11?,12-,13+,14-/m0/s1. The van der Waals surface area contributed by atoms with Gasteiger partial charge in [0.25, 0.3) is 0 Å². The van der Waals surface area contributed by atoms with Crippen molar-refractivity contribution in [1.82, 2.24) is 5.32 Å². The van der Waals surface area contributed by atoms with Gasteiger partial charge in [-0.1, -0.05) is 0 Å². The molecule has 1 amide bonds. The molecule has 2 fully saturated rings. The Morgan fingerprint density at radius 3 is 2.11 bits per heavy atom. The zero-order valence-electron chi connectivity index (χ0n) is 14.6. The van der Waals surface area contributed by atoms with Crippen molar-refractivity contribution in [2.45, 2.75) is 61.3 Å². The molecule has 164 valence electrons. The topological polar surface area (TPSA) is 234 Å². The lowest BCUT2D eigenvalue weighted by Gasteiger charge is -2.46. The van der Waals surface area contributed by atoms with Gasteiger partial charge in [-0.25, -0.2) is 5.90 Å². The second-order valence-corrected chi connectivity index (χ2v) is 6.44. The third-order valence-corrected chi connectivity index (χ3v) is 4.52. The van der Waals surface area contributed by atoms with E-state index < -0.39 is 87.1 Å². The first-order chi connectivity index (χ1) is 13.2. The fourth-order valence-corrected chi connectivity index (χ4v) is 2.98. The summed E-state index contributed by atoms with van der Waals surface area (Å²) >= 11 is 0. The van der Waals surface area contributed by atoms with E-state index in [-0.39, 0.29) is 0 Å². The fourth-order valence-electron chi connectivity index (χ4n) is 2.98. The molecule has 2 heterocycles. The second-order valence-electron chi connectivity index (χ2n) is 6.44. The summed E-state index contributed by atoms with van der Waals surface area (Å²) in [5.74, 6) is 4.01. The van der Waals surface area contributed by atoms with Crippen LogP contribution in [-0.2, 0) is 23.8 Å². The summed E-state index contributed by atoms with van der Waals surface area (Å²) in [6.45, 7) is -1.96. The number of rotatable bonds is 7. The molecule has 0 bridgehead atoms. The van der Waals surface area contributed by atoms with Crippen molar-refractivity contribution >= 4 is 5.91 Å². The van der Waals surface area contributed by atoms with E-state index in [1.807, 2.05) is 0 Å². The first kappa shape index (κ1) is 23.3. The molecule has 4 unspecified atom stereocenters. The highest BCUT2D eigenvalue weighted by Crippen LogP contribution is 2.28. The zero-order chi connectivity index (χ0) is 21.0. The van der Waals surface area contributed by atoms with Crippen molar-refractivity contribution < 1.29 is 59.6 Å². The molecule has 14 heteroatoms. The maximum atomic E-state index is 11.5. The molecule has 10 atom stereocenters. The Bertz CT molecular complexity index is 509. The molecule has 2 saturated heterocycles. The molecule has 2 rings (SSSR count).